The molecular weight excluding hydrogens is 704 g/mol. The fourth-order valence-corrected chi connectivity index (χ4v) is 7.91. The summed E-state index contributed by atoms with van der Waals surface area (Å²) in [5.41, 5.74) is -0.0825. The molecule has 268 valence electrons. The number of aromatic nitrogens is 2. The lowest BCUT2D eigenvalue weighted by Gasteiger charge is -2.26. The van der Waals surface area contributed by atoms with Gasteiger partial charge in [0.05, 0.1) is 54.4 Å². The van der Waals surface area contributed by atoms with Crippen molar-refractivity contribution < 1.29 is 57.0 Å². The third kappa shape index (κ3) is 7.90. The number of halogens is 6. The average Bonchev–Trinajstić information content (AvgIpc) is 3.45. The highest BCUT2D eigenvalue weighted by Crippen LogP contribution is 2.44. The number of nitrogens with zero attached hydrogens (tertiary/aromatic N) is 5. The first kappa shape index (κ1) is 36.6. The molecule has 19 heteroatoms. The summed E-state index contributed by atoms with van der Waals surface area (Å²) in [5, 5.41) is 0. The lowest BCUT2D eigenvalue weighted by atomic mass is 10.2. The van der Waals surface area contributed by atoms with E-state index in [1.54, 1.807) is 23.4 Å². The Hall–Kier alpha value is -3.65. The van der Waals surface area contributed by atoms with Gasteiger partial charge >= 0.3 is 12.4 Å². The third-order valence-electron chi connectivity index (χ3n) is 8.19. The van der Waals surface area contributed by atoms with Crippen molar-refractivity contribution in [2.75, 3.05) is 54.9 Å². The molecule has 0 aliphatic carbocycles. The molecule has 3 heterocycles. The minimum absolute atomic E-state index is 0.0257. The van der Waals surface area contributed by atoms with Gasteiger partial charge in [0.25, 0.3) is 15.9 Å². The number of morpholine rings is 1. The smallest absolute Gasteiger partial charge is 0.379 e. The molecule has 1 saturated heterocycles. The van der Waals surface area contributed by atoms with E-state index < -0.39 is 50.4 Å². The van der Waals surface area contributed by atoms with Gasteiger partial charge < -0.3 is 14.5 Å². The van der Waals surface area contributed by atoms with Crippen molar-refractivity contribution in [2.24, 2.45) is 7.05 Å². The topological polar surface area (TPSA) is 116 Å². The van der Waals surface area contributed by atoms with Crippen molar-refractivity contribution in [3.63, 3.8) is 0 Å². The van der Waals surface area contributed by atoms with Crippen molar-refractivity contribution in [1.29, 1.82) is 0 Å². The number of rotatable bonds is 10. The van der Waals surface area contributed by atoms with Crippen LogP contribution < -0.4 is 14.4 Å². The maximum absolute atomic E-state index is 14.0. The highest BCUT2D eigenvalue weighted by molar-refractivity contribution is 7.89. The van der Waals surface area contributed by atoms with E-state index in [1.807, 2.05) is 0 Å². The number of hydrogen-bond donors (Lipinski definition) is 1. The number of hydrogen-bond acceptors (Lipinski definition) is 7. The zero-order valence-electron chi connectivity index (χ0n) is 26.4. The Morgan fingerprint density at radius 2 is 1.65 bits per heavy atom. The monoisotopic (exact) mass is 738 g/mol. The number of sulfonamides is 1. The first-order valence-corrected chi connectivity index (χ1v) is 18.1. The van der Waals surface area contributed by atoms with Crippen LogP contribution in [0.5, 0.6) is 0 Å². The normalized spacial score (nSPS) is 17.6. The van der Waals surface area contributed by atoms with Gasteiger partial charge in [-0.05, 0) is 43.3 Å². The van der Waals surface area contributed by atoms with Gasteiger partial charge in [0.1, 0.15) is 12.4 Å². The molecule has 0 amide bonds. The van der Waals surface area contributed by atoms with Crippen molar-refractivity contribution in [3.05, 3.63) is 65.8 Å². The third-order valence-corrected chi connectivity index (χ3v) is 10.9. The van der Waals surface area contributed by atoms with E-state index in [4.69, 9.17) is 4.74 Å². The Morgan fingerprint density at radius 1 is 0.959 bits per heavy atom. The molecule has 49 heavy (non-hydrogen) atoms. The first-order valence-electron chi connectivity index (χ1n) is 15.1. The Labute approximate surface area is 279 Å². The van der Waals surface area contributed by atoms with Gasteiger partial charge in [-0.2, -0.15) is 39.1 Å². The minimum Gasteiger partial charge on any atom is -0.379 e. The molecule has 2 aromatic carbocycles. The van der Waals surface area contributed by atoms with Crippen LogP contribution in [0.2, 0.25) is 0 Å². The summed E-state index contributed by atoms with van der Waals surface area (Å²) in [5.74, 6) is -0.286. The Kier molecular flexibility index (Phi) is 10.1. The second-order valence-corrected chi connectivity index (χ2v) is 14.9. The van der Waals surface area contributed by atoms with Crippen LogP contribution in [0, 0.1) is 0 Å². The number of imidazole rings is 1. The lowest BCUT2D eigenvalue weighted by molar-refractivity contribution is -0.647. The van der Waals surface area contributed by atoms with Gasteiger partial charge in [0, 0.05) is 38.2 Å². The van der Waals surface area contributed by atoms with E-state index >= 15 is 0 Å². The summed E-state index contributed by atoms with van der Waals surface area (Å²) in [7, 11) is -6.83. The van der Waals surface area contributed by atoms with E-state index in [9.17, 15) is 47.7 Å². The largest absolute Gasteiger partial charge is 0.416 e. The zero-order valence-corrected chi connectivity index (χ0v) is 28.0. The molecule has 0 bridgehead atoms. The van der Waals surface area contributed by atoms with E-state index in [2.05, 4.69) is 0 Å². The van der Waals surface area contributed by atoms with Crippen LogP contribution in [0.1, 0.15) is 24.7 Å². The fourth-order valence-electron chi connectivity index (χ4n) is 5.98. The molecule has 0 unspecified atom stereocenters. The summed E-state index contributed by atoms with van der Waals surface area (Å²) in [6, 6.07) is 7.08. The van der Waals surface area contributed by atoms with Crippen LogP contribution in [0.25, 0.3) is 17.1 Å². The summed E-state index contributed by atoms with van der Waals surface area (Å²) in [4.78, 5) is 2.36. The van der Waals surface area contributed by atoms with Gasteiger partial charge in [-0.15, -0.1) is 0 Å². The van der Waals surface area contributed by atoms with E-state index in [-0.39, 0.29) is 67.7 Å². The molecule has 2 aliphatic heterocycles. The SMILES string of the molecule is CCN1/C(=C\C=C\c2n(CCCS(=O)(=O)O)c3cc(C(F)(F)F)ccc3[n+]2C)N(CC(F)(F)F)c2cc(S(=O)(=O)N3CCOCC3)ccc21. The summed E-state index contributed by atoms with van der Waals surface area (Å²) in [6.07, 6.45) is -5.24. The Balaban J connectivity index is 1.58. The molecule has 2 aliphatic rings. The fraction of sp³-hybridized carbons (Fsp3) is 0.433. The van der Waals surface area contributed by atoms with E-state index in [1.165, 1.54) is 51.4 Å². The van der Waals surface area contributed by atoms with Crippen molar-refractivity contribution in [2.45, 2.75) is 37.1 Å². The Bertz CT molecular complexity index is 2000. The lowest BCUT2D eigenvalue weighted by Crippen LogP contribution is -2.40. The second kappa shape index (κ2) is 13.6. The maximum Gasteiger partial charge on any atom is 0.416 e. The molecule has 3 aromatic rings. The molecule has 0 saturated carbocycles. The number of fused-ring (bicyclic) bond motifs is 2. The summed E-state index contributed by atoms with van der Waals surface area (Å²) < 4.78 is 151. The molecule has 1 N–H and O–H groups in total. The predicted octanol–water partition coefficient (Wildman–Crippen LogP) is 4.55. The highest BCUT2D eigenvalue weighted by Gasteiger charge is 2.40. The van der Waals surface area contributed by atoms with Gasteiger partial charge in [-0.25, -0.2) is 17.6 Å². The number of allylic oxidation sites excluding steroid dienone is 2. The van der Waals surface area contributed by atoms with Gasteiger partial charge in [-0.3, -0.25) is 4.55 Å². The number of ether oxygens (including phenoxy) is 1. The van der Waals surface area contributed by atoms with Crippen molar-refractivity contribution in [1.82, 2.24) is 8.87 Å². The molecule has 11 nitrogen and oxygen atoms in total. The number of anilines is 2. The van der Waals surface area contributed by atoms with E-state index in [0.717, 1.165) is 17.0 Å². The van der Waals surface area contributed by atoms with Crippen molar-refractivity contribution >= 4 is 48.6 Å². The summed E-state index contributed by atoms with van der Waals surface area (Å²) in [6.45, 7) is 0.946. The standard InChI is InChI=1S/C30H33F6N5O6S2/c1-3-39-24-11-9-22(49(45,46)38-13-15-47-16-14-38)19-26(24)41(20-29(31,32)33)28(39)7-4-6-27-37(2)23-10-8-21(30(34,35)36)18-25(23)40(27)12-5-17-48(42,43)44/h4,6-11,18-19H,3,5,12-17,20H2,1-2H3/p+1. The van der Waals surface area contributed by atoms with Crippen LogP contribution in [0.15, 0.2) is 59.3 Å². The molecule has 1 aromatic heterocycles. The average molecular weight is 739 g/mol. The molecule has 0 spiro atoms. The highest BCUT2D eigenvalue weighted by atomic mass is 32.2. The number of alkyl halides is 6. The molecule has 1 fully saturated rings. The Morgan fingerprint density at radius 3 is 2.27 bits per heavy atom. The quantitative estimate of drug-likeness (QED) is 0.183. The van der Waals surface area contributed by atoms with Crippen LogP contribution in [0.3, 0.4) is 0 Å². The van der Waals surface area contributed by atoms with Crippen molar-refractivity contribution in [3.8, 4) is 0 Å². The van der Waals surface area contributed by atoms with Crippen LogP contribution in [0.4, 0.5) is 37.7 Å². The molecule has 5 rings (SSSR count). The van der Waals surface area contributed by atoms with Crippen LogP contribution in [-0.2, 0) is 44.6 Å². The zero-order chi connectivity index (χ0) is 35.9. The predicted molar refractivity (Wildman–Crippen MR) is 169 cm³/mol. The molecule has 0 atom stereocenters. The van der Waals surface area contributed by atoms with Gasteiger partial charge in [0.15, 0.2) is 11.0 Å². The first-order chi connectivity index (χ1) is 22.8. The number of benzene rings is 2. The second-order valence-electron chi connectivity index (χ2n) is 11.4. The van der Waals surface area contributed by atoms with Crippen LogP contribution >= 0.6 is 0 Å². The van der Waals surface area contributed by atoms with Gasteiger partial charge in [0.2, 0.25) is 10.0 Å². The molecular formula is C30H34F6N5O6S2+. The molecule has 0 radical (unpaired) electrons. The number of aryl methyl sites for hydroxylation is 2. The minimum atomic E-state index is -4.69. The van der Waals surface area contributed by atoms with Gasteiger partial charge in [-0.1, -0.05) is 6.08 Å². The van der Waals surface area contributed by atoms with Crippen LogP contribution in [-0.4, -0.2) is 81.6 Å². The maximum atomic E-state index is 14.0. The summed E-state index contributed by atoms with van der Waals surface area (Å²) >= 11 is 0. The van der Waals surface area contributed by atoms with E-state index in [0.29, 0.717) is 17.0 Å².